The maximum atomic E-state index is 12.0. The fourth-order valence-electron chi connectivity index (χ4n) is 2.44. The van der Waals surface area contributed by atoms with Gasteiger partial charge in [0.05, 0.1) is 11.7 Å². The second-order valence-corrected chi connectivity index (χ2v) is 5.51. The number of carbonyl (C=O) groups is 1. The lowest BCUT2D eigenvalue weighted by Crippen LogP contribution is -2.25. The van der Waals surface area contributed by atoms with E-state index in [1.54, 1.807) is 6.20 Å². The van der Waals surface area contributed by atoms with Gasteiger partial charge in [-0.3, -0.25) is 9.78 Å². The van der Waals surface area contributed by atoms with Crippen molar-refractivity contribution >= 4 is 5.91 Å². The Morgan fingerprint density at radius 2 is 2.30 bits per heavy atom. The summed E-state index contributed by atoms with van der Waals surface area (Å²) in [6.45, 7) is 5.56. The summed E-state index contributed by atoms with van der Waals surface area (Å²) in [5.41, 5.74) is 2.67. The van der Waals surface area contributed by atoms with Crippen LogP contribution in [0.4, 0.5) is 0 Å². The third-order valence-electron chi connectivity index (χ3n) is 3.86. The van der Waals surface area contributed by atoms with Crippen molar-refractivity contribution < 1.29 is 9.53 Å². The number of hydrogen-bond donors (Lipinski definition) is 1. The Hall–Kier alpha value is -1.42. The van der Waals surface area contributed by atoms with Gasteiger partial charge in [0, 0.05) is 25.0 Å². The Morgan fingerprint density at radius 3 is 3.00 bits per heavy atom. The molecule has 1 aromatic heterocycles. The highest BCUT2D eigenvalue weighted by molar-refractivity contribution is 5.94. The predicted molar refractivity (Wildman–Crippen MR) is 78.9 cm³/mol. The van der Waals surface area contributed by atoms with Gasteiger partial charge in [0.15, 0.2) is 0 Å². The van der Waals surface area contributed by atoms with Crippen LogP contribution in [0.1, 0.15) is 53.7 Å². The van der Waals surface area contributed by atoms with Gasteiger partial charge >= 0.3 is 0 Å². The second kappa shape index (κ2) is 7.39. The summed E-state index contributed by atoms with van der Waals surface area (Å²) in [7, 11) is 0. The van der Waals surface area contributed by atoms with Gasteiger partial charge in [0.2, 0.25) is 0 Å². The first-order valence-electron chi connectivity index (χ1n) is 7.50. The number of nitrogens with zero attached hydrogens (tertiary/aromatic N) is 1. The molecule has 2 heterocycles. The van der Waals surface area contributed by atoms with Crippen LogP contribution >= 0.6 is 0 Å². The maximum Gasteiger partial charge on any atom is 0.252 e. The number of carbonyl (C=O) groups excluding carboxylic acids is 1. The molecule has 1 aromatic rings. The SMILES string of the molecule is Cc1cc(C(=O)NCCCC[C@H]2CCCO2)cnc1C. The third kappa shape index (κ3) is 4.30. The Balaban J connectivity index is 1.65. The first-order chi connectivity index (χ1) is 9.66. The van der Waals surface area contributed by atoms with Crippen molar-refractivity contribution in [1.29, 1.82) is 0 Å². The molecule has 1 atom stereocenters. The number of ether oxygens (including phenoxy) is 1. The van der Waals surface area contributed by atoms with Gasteiger partial charge in [-0.25, -0.2) is 0 Å². The first kappa shape index (κ1) is 15.0. The molecule has 1 amide bonds. The number of amides is 1. The first-order valence-corrected chi connectivity index (χ1v) is 7.50. The molecule has 0 aliphatic carbocycles. The smallest absolute Gasteiger partial charge is 0.252 e. The van der Waals surface area contributed by atoms with Crippen molar-refractivity contribution in [3.63, 3.8) is 0 Å². The second-order valence-electron chi connectivity index (χ2n) is 5.51. The molecule has 1 N–H and O–H groups in total. The Labute approximate surface area is 120 Å². The van der Waals surface area contributed by atoms with E-state index in [-0.39, 0.29) is 5.91 Å². The topological polar surface area (TPSA) is 51.2 Å². The van der Waals surface area contributed by atoms with Gasteiger partial charge < -0.3 is 10.1 Å². The number of aromatic nitrogens is 1. The standard InChI is InChI=1S/C16H24N2O2/c1-12-10-14(11-18-13(12)2)16(19)17-8-4-3-6-15-7-5-9-20-15/h10-11,15H,3-9H2,1-2H3,(H,17,19)/t15-/m0/s1. The van der Waals surface area contributed by atoms with E-state index in [0.29, 0.717) is 11.7 Å². The van der Waals surface area contributed by atoms with Crippen molar-refractivity contribution in [3.05, 3.63) is 29.1 Å². The number of hydrogen-bond acceptors (Lipinski definition) is 3. The fourth-order valence-corrected chi connectivity index (χ4v) is 2.44. The van der Waals surface area contributed by atoms with Gasteiger partial charge in [0.25, 0.3) is 5.91 Å². The Morgan fingerprint density at radius 1 is 1.45 bits per heavy atom. The number of pyridine rings is 1. The molecule has 4 heteroatoms. The number of rotatable bonds is 6. The summed E-state index contributed by atoms with van der Waals surface area (Å²) in [5.74, 6) is -0.0299. The summed E-state index contributed by atoms with van der Waals surface area (Å²) in [6, 6.07) is 1.89. The molecule has 1 aliphatic rings. The van der Waals surface area contributed by atoms with Crippen LogP contribution in [-0.2, 0) is 4.74 Å². The minimum Gasteiger partial charge on any atom is -0.378 e. The largest absolute Gasteiger partial charge is 0.378 e. The molecule has 4 nitrogen and oxygen atoms in total. The summed E-state index contributed by atoms with van der Waals surface area (Å²) in [6.07, 6.45) is 7.71. The van der Waals surface area contributed by atoms with E-state index in [0.717, 1.165) is 43.7 Å². The number of unbranched alkanes of at least 4 members (excludes halogenated alkanes) is 1. The molecule has 0 bridgehead atoms. The van der Waals surface area contributed by atoms with Crippen molar-refractivity contribution in [3.8, 4) is 0 Å². The van der Waals surface area contributed by atoms with Crippen LogP contribution in [-0.4, -0.2) is 30.1 Å². The van der Waals surface area contributed by atoms with Gasteiger partial charge in [-0.05, 0) is 57.6 Å². The molecule has 0 spiro atoms. The number of nitrogens with one attached hydrogen (secondary N) is 1. The van der Waals surface area contributed by atoms with Gasteiger partial charge in [-0.15, -0.1) is 0 Å². The lowest BCUT2D eigenvalue weighted by molar-refractivity contribution is 0.0946. The van der Waals surface area contributed by atoms with Gasteiger partial charge in [-0.1, -0.05) is 0 Å². The van der Waals surface area contributed by atoms with Crippen LogP contribution in [0.2, 0.25) is 0 Å². The summed E-state index contributed by atoms with van der Waals surface area (Å²) in [4.78, 5) is 16.2. The highest BCUT2D eigenvalue weighted by Crippen LogP contribution is 2.17. The molecule has 0 unspecified atom stereocenters. The van der Waals surface area contributed by atoms with E-state index in [1.165, 1.54) is 12.8 Å². The summed E-state index contributed by atoms with van der Waals surface area (Å²) in [5, 5.41) is 2.95. The van der Waals surface area contributed by atoms with E-state index >= 15 is 0 Å². The monoisotopic (exact) mass is 276 g/mol. The molecule has 110 valence electrons. The van der Waals surface area contributed by atoms with E-state index < -0.39 is 0 Å². The maximum absolute atomic E-state index is 12.0. The Bertz CT molecular complexity index is 454. The highest BCUT2D eigenvalue weighted by Gasteiger charge is 2.14. The quantitative estimate of drug-likeness (QED) is 0.813. The molecule has 0 radical (unpaired) electrons. The molecule has 2 rings (SSSR count). The molecule has 0 saturated carbocycles. The van der Waals surface area contributed by atoms with Crippen LogP contribution in [0.15, 0.2) is 12.3 Å². The predicted octanol–water partition coefficient (Wildman–Crippen LogP) is 2.78. The van der Waals surface area contributed by atoms with Gasteiger partial charge in [0.1, 0.15) is 0 Å². The molecular formula is C16H24N2O2. The summed E-state index contributed by atoms with van der Waals surface area (Å²) < 4.78 is 5.58. The Kier molecular flexibility index (Phi) is 5.53. The zero-order valence-electron chi connectivity index (χ0n) is 12.4. The minimum absolute atomic E-state index is 0.0299. The highest BCUT2D eigenvalue weighted by atomic mass is 16.5. The van der Waals surface area contributed by atoms with Crippen molar-refractivity contribution in [2.24, 2.45) is 0 Å². The van der Waals surface area contributed by atoms with Crippen LogP contribution in [0.3, 0.4) is 0 Å². The van der Waals surface area contributed by atoms with Crippen LogP contribution in [0.25, 0.3) is 0 Å². The molecule has 1 saturated heterocycles. The average molecular weight is 276 g/mol. The zero-order chi connectivity index (χ0) is 14.4. The zero-order valence-corrected chi connectivity index (χ0v) is 12.4. The minimum atomic E-state index is -0.0299. The molecule has 20 heavy (non-hydrogen) atoms. The van der Waals surface area contributed by atoms with Crippen LogP contribution in [0.5, 0.6) is 0 Å². The average Bonchev–Trinajstić information content (AvgIpc) is 2.94. The normalized spacial score (nSPS) is 18.2. The fraction of sp³-hybridized carbons (Fsp3) is 0.625. The van der Waals surface area contributed by atoms with Crippen LogP contribution < -0.4 is 5.32 Å². The molecule has 0 aromatic carbocycles. The lowest BCUT2D eigenvalue weighted by Gasteiger charge is -2.09. The van der Waals surface area contributed by atoms with E-state index in [2.05, 4.69) is 10.3 Å². The van der Waals surface area contributed by atoms with Crippen LogP contribution in [0, 0.1) is 13.8 Å². The van der Waals surface area contributed by atoms with Crippen molar-refractivity contribution in [2.45, 2.75) is 52.1 Å². The van der Waals surface area contributed by atoms with Gasteiger partial charge in [-0.2, -0.15) is 0 Å². The number of aryl methyl sites for hydroxylation is 2. The summed E-state index contributed by atoms with van der Waals surface area (Å²) >= 11 is 0. The van der Waals surface area contributed by atoms with Crippen molar-refractivity contribution in [2.75, 3.05) is 13.2 Å². The molecular weight excluding hydrogens is 252 g/mol. The third-order valence-corrected chi connectivity index (χ3v) is 3.86. The molecule has 1 fully saturated rings. The lowest BCUT2D eigenvalue weighted by atomic mass is 10.1. The van der Waals surface area contributed by atoms with E-state index in [9.17, 15) is 4.79 Å². The molecule has 1 aliphatic heterocycles. The van der Waals surface area contributed by atoms with E-state index in [4.69, 9.17) is 4.74 Å². The van der Waals surface area contributed by atoms with Crippen molar-refractivity contribution in [1.82, 2.24) is 10.3 Å². The van der Waals surface area contributed by atoms with E-state index in [1.807, 2.05) is 19.9 Å².